The molecule has 2 fully saturated rings. The second-order valence-corrected chi connectivity index (χ2v) is 7.67. The molecule has 0 heterocycles. The minimum absolute atomic E-state index is 0.148. The largest absolute Gasteiger partial charge is 0.253 e. The second-order valence-electron chi connectivity index (χ2n) is 7.67. The molecule has 2 saturated carbocycles. The first-order valence-electron chi connectivity index (χ1n) is 8.87. The maximum absolute atomic E-state index is 15.4. The van der Waals surface area contributed by atoms with Crippen molar-refractivity contribution in [1.82, 2.24) is 0 Å². The highest BCUT2D eigenvalue weighted by Gasteiger charge is 2.57. The molecule has 140 valence electrons. The lowest BCUT2D eigenvalue weighted by Gasteiger charge is -2.30. The van der Waals surface area contributed by atoms with Gasteiger partial charge in [0.1, 0.15) is 5.67 Å². The van der Waals surface area contributed by atoms with E-state index in [0.717, 1.165) is 12.1 Å². The summed E-state index contributed by atoms with van der Waals surface area (Å²) in [5.74, 6) is -9.24. The van der Waals surface area contributed by atoms with Gasteiger partial charge in [-0.15, -0.1) is 0 Å². The summed E-state index contributed by atoms with van der Waals surface area (Å²) >= 11 is 0. The van der Waals surface area contributed by atoms with Crippen LogP contribution in [0.25, 0.3) is 0 Å². The molecule has 0 amide bonds. The molecule has 2 aliphatic rings. The molecule has 0 saturated heterocycles. The first-order valence-corrected chi connectivity index (χ1v) is 8.87. The van der Waals surface area contributed by atoms with Gasteiger partial charge in [0.25, 0.3) is 5.92 Å². The lowest BCUT2D eigenvalue weighted by Crippen LogP contribution is -2.36. The standard InChI is InChI=1S/C19H22F6/c1-2-3-13-4-5-14-6-12(9-18(14,23)10-19(13,24)25)11-7-15(20)17(22)16(21)8-11/h7-8,12-14H,2-6,9-10H2,1H3. The van der Waals surface area contributed by atoms with Crippen LogP contribution in [0.3, 0.4) is 0 Å². The van der Waals surface area contributed by atoms with Gasteiger partial charge in [0.2, 0.25) is 0 Å². The molecule has 0 nitrogen and oxygen atoms in total. The molecule has 1 aromatic rings. The molecular formula is C19H22F6. The summed E-state index contributed by atoms with van der Waals surface area (Å²) in [7, 11) is 0. The third-order valence-electron chi connectivity index (χ3n) is 5.99. The van der Waals surface area contributed by atoms with Gasteiger partial charge in [0.05, 0.1) is 0 Å². The number of benzene rings is 1. The molecule has 0 bridgehead atoms. The van der Waals surface area contributed by atoms with Crippen LogP contribution < -0.4 is 0 Å². The highest BCUT2D eigenvalue weighted by molar-refractivity contribution is 5.26. The van der Waals surface area contributed by atoms with Crippen LogP contribution in [0.5, 0.6) is 0 Å². The van der Waals surface area contributed by atoms with E-state index in [1.54, 1.807) is 0 Å². The topological polar surface area (TPSA) is 0 Å². The Morgan fingerprint density at radius 3 is 2.28 bits per heavy atom. The molecule has 25 heavy (non-hydrogen) atoms. The minimum atomic E-state index is -3.08. The smallest absolute Gasteiger partial charge is 0.243 e. The van der Waals surface area contributed by atoms with Gasteiger partial charge in [-0.05, 0) is 61.6 Å². The second kappa shape index (κ2) is 6.51. The average molecular weight is 364 g/mol. The molecule has 4 atom stereocenters. The molecular weight excluding hydrogens is 342 g/mol. The lowest BCUT2D eigenvalue weighted by atomic mass is 9.86. The predicted octanol–water partition coefficient (Wildman–Crippen LogP) is 6.54. The van der Waals surface area contributed by atoms with Crippen molar-refractivity contribution in [2.24, 2.45) is 11.8 Å². The molecule has 2 aliphatic carbocycles. The Bertz CT molecular complexity index is 620. The van der Waals surface area contributed by atoms with Crippen LogP contribution in [0.1, 0.15) is 63.4 Å². The summed E-state index contributed by atoms with van der Waals surface area (Å²) in [6.07, 6.45) is 0.828. The summed E-state index contributed by atoms with van der Waals surface area (Å²) in [6, 6.07) is 1.71. The molecule has 0 aromatic heterocycles. The van der Waals surface area contributed by atoms with Crippen LogP contribution in [-0.2, 0) is 0 Å². The number of hydrogen-bond acceptors (Lipinski definition) is 0. The summed E-state index contributed by atoms with van der Waals surface area (Å²) in [4.78, 5) is 0. The van der Waals surface area contributed by atoms with Gasteiger partial charge < -0.3 is 0 Å². The highest BCUT2D eigenvalue weighted by Crippen LogP contribution is 2.57. The summed E-state index contributed by atoms with van der Waals surface area (Å²) in [5.41, 5.74) is -1.90. The van der Waals surface area contributed by atoms with Crippen molar-refractivity contribution >= 4 is 0 Å². The third kappa shape index (κ3) is 3.41. The fourth-order valence-corrected chi connectivity index (χ4v) is 4.73. The third-order valence-corrected chi connectivity index (χ3v) is 5.99. The zero-order valence-electron chi connectivity index (χ0n) is 14.1. The molecule has 0 spiro atoms. The zero-order valence-corrected chi connectivity index (χ0v) is 14.1. The van der Waals surface area contributed by atoms with Crippen molar-refractivity contribution in [3.8, 4) is 0 Å². The van der Waals surface area contributed by atoms with Gasteiger partial charge in [0, 0.05) is 12.3 Å². The Balaban J connectivity index is 1.84. The van der Waals surface area contributed by atoms with Gasteiger partial charge in [-0.2, -0.15) is 0 Å². The van der Waals surface area contributed by atoms with Crippen molar-refractivity contribution in [3.63, 3.8) is 0 Å². The molecule has 0 N–H and O–H groups in total. The highest BCUT2D eigenvalue weighted by atomic mass is 19.3. The summed E-state index contributed by atoms with van der Waals surface area (Å²) in [6.45, 7) is 1.83. The number of halogens is 6. The quantitative estimate of drug-likeness (QED) is 0.422. The molecule has 4 unspecified atom stereocenters. The first-order chi connectivity index (χ1) is 11.7. The number of alkyl halides is 3. The van der Waals surface area contributed by atoms with E-state index in [1.165, 1.54) is 0 Å². The van der Waals surface area contributed by atoms with E-state index in [0.29, 0.717) is 19.3 Å². The Kier molecular flexibility index (Phi) is 4.84. The van der Waals surface area contributed by atoms with Gasteiger partial charge in [-0.3, -0.25) is 0 Å². The van der Waals surface area contributed by atoms with Crippen LogP contribution in [0.15, 0.2) is 12.1 Å². The van der Waals surface area contributed by atoms with Crippen LogP contribution in [-0.4, -0.2) is 11.6 Å². The van der Waals surface area contributed by atoms with Crippen molar-refractivity contribution in [2.75, 3.05) is 0 Å². The van der Waals surface area contributed by atoms with Gasteiger partial charge in [-0.25, -0.2) is 26.3 Å². The van der Waals surface area contributed by atoms with Crippen LogP contribution >= 0.6 is 0 Å². The Labute approximate surface area is 143 Å². The predicted molar refractivity (Wildman–Crippen MR) is 82.8 cm³/mol. The fraction of sp³-hybridized carbons (Fsp3) is 0.684. The number of hydrogen-bond donors (Lipinski definition) is 0. The van der Waals surface area contributed by atoms with Gasteiger partial charge in [0.15, 0.2) is 17.5 Å². The van der Waals surface area contributed by atoms with E-state index >= 15 is 4.39 Å². The number of rotatable bonds is 3. The first kappa shape index (κ1) is 18.6. The normalized spacial score (nSPS) is 34.6. The van der Waals surface area contributed by atoms with Crippen molar-refractivity contribution in [2.45, 2.75) is 69.4 Å². The van der Waals surface area contributed by atoms with Gasteiger partial charge in [-0.1, -0.05) is 13.3 Å². The van der Waals surface area contributed by atoms with E-state index in [2.05, 4.69) is 0 Å². The van der Waals surface area contributed by atoms with E-state index in [-0.39, 0.29) is 24.8 Å². The zero-order chi connectivity index (χ0) is 18.4. The van der Waals surface area contributed by atoms with E-state index in [1.807, 2.05) is 6.92 Å². The van der Waals surface area contributed by atoms with Crippen molar-refractivity contribution in [3.05, 3.63) is 35.1 Å². The van der Waals surface area contributed by atoms with Crippen LogP contribution in [0, 0.1) is 29.3 Å². The van der Waals surface area contributed by atoms with E-state index in [4.69, 9.17) is 0 Å². The molecule has 3 rings (SSSR count). The minimum Gasteiger partial charge on any atom is -0.243 e. The molecule has 1 aromatic carbocycles. The van der Waals surface area contributed by atoms with Crippen LogP contribution in [0.2, 0.25) is 0 Å². The van der Waals surface area contributed by atoms with E-state index in [9.17, 15) is 22.0 Å². The molecule has 0 radical (unpaired) electrons. The van der Waals surface area contributed by atoms with Crippen molar-refractivity contribution < 1.29 is 26.3 Å². The van der Waals surface area contributed by atoms with Crippen LogP contribution in [0.4, 0.5) is 26.3 Å². The summed E-state index contributed by atoms with van der Waals surface area (Å²) < 4.78 is 84.4. The summed E-state index contributed by atoms with van der Waals surface area (Å²) in [5, 5.41) is 0. The Morgan fingerprint density at radius 1 is 1.04 bits per heavy atom. The number of fused-ring (bicyclic) bond motifs is 1. The monoisotopic (exact) mass is 364 g/mol. The average Bonchev–Trinajstić information content (AvgIpc) is 2.79. The SMILES string of the molecule is CCCC1CCC2CC(c3cc(F)c(F)c(F)c3)CC2(F)CC1(F)F. The van der Waals surface area contributed by atoms with Crippen molar-refractivity contribution in [1.29, 1.82) is 0 Å². The maximum atomic E-state index is 15.4. The lowest BCUT2D eigenvalue weighted by molar-refractivity contribution is -0.0986. The molecule has 6 heteroatoms. The Hall–Kier alpha value is -1.20. The van der Waals surface area contributed by atoms with Gasteiger partial charge >= 0.3 is 0 Å². The maximum Gasteiger partial charge on any atom is 0.253 e. The Morgan fingerprint density at radius 2 is 1.68 bits per heavy atom. The van der Waals surface area contributed by atoms with E-state index < -0.39 is 53.2 Å². The fourth-order valence-electron chi connectivity index (χ4n) is 4.73. The molecule has 0 aliphatic heterocycles.